The van der Waals surface area contributed by atoms with Crippen LogP contribution < -0.4 is 0 Å². The topological polar surface area (TPSA) is 38.7 Å². The Labute approximate surface area is 231 Å². The van der Waals surface area contributed by atoms with Gasteiger partial charge in [-0.1, -0.05) is 113 Å². The van der Waals surface area contributed by atoms with Crippen molar-refractivity contribution in [3.63, 3.8) is 0 Å². The maximum Gasteiger partial charge on any atom is 0.164 e. The Morgan fingerprint density at radius 3 is 1.29 bits per heavy atom. The molecule has 1 heterocycles. The van der Waals surface area contributed by atoms with Crippen LogP contribution in [0.5, 0.6) is 0 Å². The average Bonchev–Trinajstić information content (AvgIpc) is 2.97. The fraction of sp³-hybridized carbons (Fsp3) is 0.0294. The highest BCUT2D eigenvalue weighted by Crippen LogP contribution is 2.31. The third-order valence-corrected chi connectivity index (χ3v) is 6.85. The molecule has 0 radical (unpaired) electrons. The molecule has 0 amide bonds. The maximum atomic E-state index is 4.98. The lowest BCUT2D eigenvalue weighted by Gasteiger charge is -2.11. The molecular weight excluding hydrogens is 530 g/mol. The van der Waals surface area contributed by atoms with Gasteiger partial charge in [-0.2, -0.15) is 0 Å². The van der Waals surface area contributed by atoms with Gasteiger partial charge in [0.05, 0.1) is 0 Å². The van der Waals surface area contributed by atoms with Crippen molar-refractivity contribution in [2.24, 2.45) is 0 Å². The van der Waals surface area contributed by atoms with E-state index in [-0.39, 0.29) is 0 Å². The summed E-state index contributed by atoms with van der Waals surface area (Å²) in [6, 6.07) is 43.7. The number of aromatic nitrogens is 3. The molecule has 0 fully saturated rings. The molecule has 38 heavy (non-hydrogen) atoms. The van der Waals surface area contributed by atoms with E-state index in [9.17, 15) is 0 Å². The number of halogens is 1. The summed E-state index contributed by atoms with van der Waals surface area (Å²) in [5.74, 6) is 1.93. The fourth-order valence-corrected chi connectivity index (χ4v) is 5.17. The number of benzene rings is 5. The van der Waals surface area contributed by atoms with E-state index < -0.39 is 0 Å². The smallest absolute Gasteiger partial charge is 0.164 e. The summed E-state index contributed by atoms with van der Waals surface area (Å²) < 4.78 is 0.994. The van der Waals surface area contributed by atoms with Crippen LogP contribution in [-0.4, -0.2) is 15.0 Å². The molecule has 4 heteroatoms. The number of hydrogen-bond acceptors (Lipinski definition) is 3. The van der Waals surface area contributed by atoms with E-state index in [1.807, 2.05) is 12.1 Å². The fourth-order valence-electron chi connectivity index (χ4n) is 4.57. The van der Waals surface area contributed by atoms with Crippen molar-refractivity contribution >= 4 is 15.9 Å². The molecular formula is C34H24BrN3. The minimum atomic E-state index is 0.643. The summed E-state index contributed by atoms with van der Waals surface area (Å²) in [5, 5.41) is 0. The maximum absolute atomic E-state index is 4.98. The van der Waals surface area contributed by atoms with E-state index in [4.69, 9.17) is 15.0 Å². The molecule has 1 aromatic heterocycles. The molecule has 0 aliphatic heterocycles. The highest BCUT2D eigenvalue weighted by molar-refractivity contribution is 9.10. The molecule has 0 saturated carbocycles. The van der Waals surface area contributed by atoms with Crippen LogP contribution in [0.3, 0.4) is 0 Å². The van der Waals surface area contributed by atoms with Gasteiger partial charge in [0.2, 0.25) is 0 Å². The first kappa shape index (κ1) is 24.0. The van der Waals surface area contributed by atoms with Crippen molar-refractivity contribution < 1.29 is 0 Å². The predicted octanol–water partition coefficient (Wildman–Crippen LogP) is 9.28. The van der Waals surface area contributed by atoms with Crippen LogP contribution in [0.15, 0.2) is 132 Å². The molecule has 6 rings (SSSR count). The molecule has 0 aliphatic rings. The first-order chi connectivity index (χ1) is 18.6. The molecule has 6 aromatic rings. The zero-order chi connectivity index (χ0) is 25.9. The van der Waals surface area contributed by atoms with Gasteiger partial charge in [-0.25, -0.2) is 15.0 Å². The molecule has 0 aliphatic carbocycles. The molecule has 182 valence electrons. The Morgan fingerprint density at radius 2 is 0.816 bits per heavy atom. The first-order valence-corrected chi connectivity index (χ1v) is 13.3. The average molecular weight is 554 g/mol. The molecule has 0 unspecified atom stereocenters. The first-order valence-electron chi connectivity index (χ1n) is 12.5. The van der Waals surface area contributed by atoms with Gasteiger partial charge in [0.25, 0.3) is 0 Å². The van der Waals surface area contributed by atoms with E-state index in [1.54, 1.807) is 0 Å². The standard InChI is InChI=1S/C34H24BrN3/c1-23-18-30(22-31(35)19-23)34-37-32(28-16-8-14-26(20-28)24-10-4-2-5-11-24)36-33(38-34)29-17-9-15-27(21-29)25-12-6-3-7-13-25/h2-22H,1H3. The van der Waals surface area contributed by atoms with Gasteiger partial charge >= 0.3 is 0 Å². The van der Waals surface area contributed by atoms with Crippen molar-refractivity contribution in [3.8, 4) is 56.4 Å². The van der Waals surface area contributed by atoms with Gasteiger partial charge in [-0.3, -0.25) is 0 Å². The summed E-state index contributed by atoms with van der Waals surface area (Å²) in [6.07, 6.45) is 0. The van der Waals surface area contributed by atoms with E-state index in [0.717, 1.165) is 49.0 Å². The molecule has 0 atom stereocenters. The van der Waals surface area contributed by atoms with Crippen LogP contribution >= 0.6 is 15.9 Å². The monoisotopic (exact) mass is 553 g/mol. The molecule has 0 N–H and O–H groups in total. The minimum absolute atomic E-state index is 0.643. The Morgan fingerprint density at radius 1 is 0.395 bits per heavy atom. The number of aryl methyl sites for hydroxylation is 1. The minimum Gasteiger partial charge on any atom is -0.208 e. The lowest BCUT2D eigenvalue weighted by atomic mass is 10.0. The third kappa shape index (κ3) is 5.17. The molecule has 3 nitrogen and oxygen atoms in total. The highest BCUT2D eigenvalue weighted by atomic mass is 79.9. The summed E-state index contributed by atoms with van der Waals surface area (Å²) in [7, 11) is 0. The van der Waals surface area contributed by atoms with Crippen molar-refractivity contribution in [2.45, 2.75) is 6.92 Å². The van der Waals surface area contributed by atoms with Gasteiger partial charge in [-0.05, 0) is 65.1 Å². The normalized spacial score (nSPS) is 10.9. The molecule has 0 bridgehead atoms. The van der Waals surface area contributed by atoms with Crippen molar-refractivity contribution in [1.29, 1.82) is 0 Å². The van der Waals surface area contributed by atoms with Crippen molar-refractivity contribution in [3.05, 3.63) is 137 Å². The van der Waals surface area contributed by atoms with Gasteiger partial charge in [0.15, 0.2) is 17.5 Å². The lowest BCUT2D eigenvalue weighted by molar-refractivity contribution is 1.07. The van der Waals surface area contributed by atoms with Crippen LogP contribution in [0.4, 0.5) is 0 Å². The van der Waals surface area contributed by atoms with Crippen molar-refractivity contribution in [2.75, 3.05) is 0 Å². The summed E-state index contributed by atoms with van der Waals surface area (Å²) in [6.45, 7) is 2.07. The van der Waals surface area contributed by atoms with Gasteiger partial charge in [0.1, 0.15) is 0 Å². The Kier molecular flexibility index (Phi) is 6.63. The van der Waals surface area contributed by atoms with Crippen LogP contribution in [0.1, 0.15) is 5.56 Å². The van der Waals surface area contributed by atoms with Crippen molar-refractivity contribution in [1.82, 2.24) is 15.0 Å². The Hall–Kier alpha value is -4.41. The summed E-state index contributed by atoms with van der Waals surface area (Å²) in [4.78, 5) is 14.9. The van der Waals surface area contributed by atoms with Crippen LogP contribution in [0.2, 0.25) is 0 Å². The van der Waals surface area contributed by atoms with E-state index >= 15 is 0 Å². The zero-order valence-electron chi connectivity index (χ0n) is 20.8. The number of rotatable bonds is 5. The van der Waals surface area contributed by atoms with Gasteiger partial charge < -0.3 is 0 Å². The van der Waals surface area contributed by atoms with E-state index in [0.29, 0.717) is 17.5 Å². The van der Waals surface area contributed by atoms with Gasteiger partial charge in [-0.15, -0.1) is 0 Å². The predicted molar refractivity (Wildman–Crippen MR) is 159 cm³/mol. The second kappa shape index (κ2) is 10.5. The van der Waals surface area contributed by atoms with Crippen LogP contribution in [0, 0.1) is 6.92 Å². The zero-order valence-corrected chi connectivity index (χ0v) is 22.4. The second-order valence-corrected chi connectivity index (χ2v) is 10.1. The number of hydrogen-bond donors (Lipinski definition) is 0. The Balaban J connectivity index is 1.52. The second-order valence-electron chi connectivity index (χ2n) is 9.22. The summed E-state index contributed by atoms with van der Waals surface area (Å²) in [5.41, 5.74) is 8.52. The quantitative estimate of drug-likeness (QED) is 0.213. The largest absolute Gasteiger partial charge is 0.208 e. The summed E-state index contributed by atoms with van der Waals surface area (Å²) >= 11 is 3.64. The molecule has 0 spiro atoms. The van der Waals surface area contributed by atoms with Crippen LogP contribution in [-0.2, 0) is 0 Å². The lowest BCUT2D eigenvalue weighted by Crippen LogP contribution is -2.00. The molecule has 0 saturated heterocycles. The third-order valence-electron chi connectivity index (χ3n) is 6.39. The molecule has 5 aromatic carbocycles. The SMILES string of the molecule is Cc1cc(Br)cc(-c2nc(-c3cccc(-c4ccccc4)c3)nc(-c3cccc(-c4ccccc4)c3)n2)c1. The number of nitrogens with zero attached hydrogens (tertiary/aromatic N) is 3. The highest BCUT2D eigenvalue weighted by Gasteiger charge is 2.14. The van der Waals surface area contributed by atoms with Gasteiger partial charge in [0, 0.05) is 21.2 Å². The Bertz CT molecular complexity index is 1610. The van der Waals surface area contributed by atoms with Crippen LogP contribution in [0.25, 0.3) is 56.4 Å². The van der Waals surface area contributed by atoms with E-state index in [2.05, 4.69) is 138 Å². The van der Waals surface area contributed by atoms with E-state index in [1.165, 1.54) is 0 Å².